The van der Waals surface area contributed by atoms with Crippen molar-refractivity contribution in [2.45, 2.75) is 6.10 Å². The Balaban J connectivity index is 1.58. The topological polar surface area (TPSA) is 50.7 Å². The normalized spacial score (nSPS) is 14.5. The lowest BCUT2D eigenvalue weighted by Gasteiger charge is -2.25. The number of hydrogen-bond donors (Lipinski definition) is 1. The fourth-order valence-electron chi connectivity index (χ4n) is 1.96. The van der Waals surface area contributed by atoms with Gasteiger partial charge in [0.25, 0.3) is 5.91 Å². The number of thioether (sulfide) groups is 1. The van der Waals surface area contributed by atoms with Crippen LogP contribution in [0.4, 0.5) is 0 Å². The molecule has 0 unspecified atom stereocenters. The van der Waals surface area contributed by atoms with Crippen molar-refractivity contribution in [3.8, 4) is 5.75 Å². The highest BCUT2D eigenvalue weighted by Gasteiger charge is 2.19. The summed E-state index contributed by atoms with van der Waals surface area (Å²) in [6.07, 6.45) is 1.93. The van der Waals surface area contributed by atoms with Crippen LogP contribution in [0.25, 0.3) is 0 Å². The second kappa shape index (κ2) is 7.13. The van der Waals surface area contributed by atoms with Crippen molar-refractivity contribution in [2.24, 2.45) is 5.10 Å². The first-order chi connectivity index (χ1) is 10.8. The first-order valence-electron chi connectivity index (χ1n) is 7.04. The molecular formula is C17H16N2O2S. The van der Waals surface area contributed by atoms with Crippen LogP contribution in [0, 0.1) is 0 Å². The summed E-state index contributed by atoms with van der Waals surface area (Å²) in [6, 6.07) is 16.7. The molecule has 0 saturated carbocycles. The zero-order chi connectivity index (χ0) is 15.2. The largest absolute Gasteiger partial charge is 0.489 e. The highest BCUT2D eigenvalue weighted by Crippen LogP contribution is 2.24. The molecule has 112 valence electrons. The van der Waals surface area contributed by atoms with E-state index in [1.807, 2.05) is 54.2 Å². The van der Waals surface area contributed by atoms with Crippen LogP contribution >= 0.6 is 11.8 Å². The van der Waals surface area contributed by atoms with Gasteiger partial charge >= 0.3 is 0 Å². The summed E-state index contributed by atoms with van der Waals surface area (Å²) < 4.78 is 5.82. The molecule has 0 bridgehead atoms. The van der Waals surface area contributed by atoms with E-state index in [0.29, 0.717) is 11.7 Å². The Kier molecular flexibility index (Phi) is 4.75. The van der Waals surface area contributed by atoms with Gasteiger partial charge in [-0.2, -0.15) is 16.9 Å². The number of nitrogens with one attached hydrogen (secondary N) is 1. The van der Waals surface area contributed by atoms with E-state index in [4.69, 9.17) is 4.74 Å². The molecule has 2 aromatic rings. The van der Waals surface area contributed by atoms with Crippen molar-refractivity contribution >= 4 is 23.9 Å². The Morgan fingerprint density at radius 2 is 2.00 bits per heavy atom. The molecule has 2 aromatic carbocycles. The van der Waals surface area contributed by atoms with Crippen LogP contribution < -0.4 is 10.2 Å². The summed E-state index contributed by atoms with van der Waals surface area (Å²) in [5, 5.41) is 3.99. The van der Waals surface area contributed by atoms with Crippen molar-refractivity contribution in [3.63, 3.8) is 0 Å². The highest BCUT2D eigenvalue weighted by atomic mass is 32.2. The molecule has 22 heavy (non-hydrogen) atoms. The van der Waals surface area contributed by atoms with Crippen molar-refractivity contribution < 1.29 is 9.53 Å². The SMILES string of the molecule is O=C(N/N=C/c1cccc(OC2CSC2)c1)c1ccccc1. The highest BCUT2D eigenvalue weighted by molar-refractivity contribution is 8.00. The minimum Gasteiger partial charge on any atom is -0.489 e. The van der Waals surface area contributed by atoms with Crippen molar-refractivity contribution in [2.75, 3.05) is 11.5 Å². The van der Waals surface area contributed by atoms with E-state index in [9.17, 15) is 4.79 Å². The molecule has 1 aliphatic rings. The number of nitrogens with zero attached hydrogens (tertiary/aromatic N) is 1. The second-order valence-electron chi connectivity index (χ2n) is 4.91. The van der Waals surface area contributed by atoms with Gasteiger partial charge in [-0.3, -0.25) is 4.79 Å². The molecule has 3 rings (SSSR count). The molecule has 4 nitrogen and oxygen atoms in total. The van der Waals surface area contributed by atoms with Crippen LogP contribution in [-0.2, 0) is 0 Å². The molecule has 1 heterocycles. The zero-order valence-electron chi connectivity index (χ0n) is 11.9. The molecule has 0 atom stereocenters. The summed E-state index contributed by atoms with van der Waals surface area (Å²) in [6.45, 7) is 0. The maximum Gasteiger partial charge on any atom is 0.271 e. The van der Waals surface area contributed by atoms with Gasteiger partial charge in [0, 0.05) is 17.1 Å². The third kappa shape index (κ3) is 3.89. The average molecular weight is 312 g/mol. The minimum absolute atomic E-state index is 0.226. The molecule has 1 N–H and O–H groups in total. The molecule has 0 spiro atoms. The second-order valence-corrected chi connectivity index (χ2v) is 5.99. The Bertz CT molecular complexity index is 669. The number of carbonyl (C=O) groups is 1. The quantitative estimate of drug-likeness (QED) is 0.682. The summed E-state index contributed by atoms with van der Waals surface area (Å²) in [4.78, 5) is 11.8. The smallest absolute Gasteiger partial charge is 0.271 e. The van der Waals surface area contributed by atoms with E-state index in [0.717, 1.165) is 22.8 Å². The molecule has 1 fully saturated rings. The van der Waals surface area contributed by atoms with Crippen LogP contribution in [0.3, 0.4) is 0 Å². The zero-order valence-corrected chi connectivity index (χ0v) is 12.8. The lowest BCUT2D eigenvalue weighted by atomic mass is 10.2. The van der Waals surface area contributed by atoms with Gasteiger partial charge < -0.3 is 4.74 Å². The fraction of sp³-hybridized carbons (Fsp3) is 0.176. The van der Waals surface area contributed by atoms with Gasteiger partial charge in [0.1, 0.15) is 11.9 Å². The van der Waals surface area contributed by atoms with Gasteiger partial charge in [-0.05, 0) is 29.8 Å². The number of carbonyl (C=O) groups excluding carboxylic acids is 1. The van der Waals surface area contributed by atoms with E-state index in [1.165, 1.54) is 0 Å². The minimum atomic E-state index is -0.226. The van der Waals surface area contributed by atoms with Crippen molar-refractivity contribution in [1.29, 1.82) is 0 Å². The van der Waals surface area contributed by atoms with E-state index in [1.54, 1.807) is 18.3 Å². The van der Waals surface area contributed by atoms with Gasteiger partial charge in [0.2, 0.25) is 0 Å². The number of hydrogen-bond acceptors (Lipinski definition) is 4. The Morgan fingerprint density at radius 1 is 1.18 bits per heavy atom. The molecule has 1 aliphatic heterocycles. The molecule has 1 saturated heterocycles. The van der Waals surface area contributed by atoms with Crippen LogP contribution in [0.5, 0.6) is 5.75 Å². The third-order valence-corrected chi connectivity index (χ3v) is 4.40. The van der Waals surface area contributed by atoms with Crippen molar-refractivity contribution in [3.05, 3.63) is 65.7 Å². The molecule has 0 aromatic heterocycles. The number of benzene rings is 2. The first kappa shape index (κ1) is 14.7. The molecule has 0 aliphatic carbocycles. The monoisotopic (exact) mass is 312 g/mol. The van der Waals surface area contributed by atoms with Crippen LogP contribution in [0.15, 0.2) is 59.7 Å². The average Bonchev–Trinajstić information content (AvgIpc) is 2.52. The van der Waals surface area contributed by atoms with Crippen molar-refractivity contribution in [1.82, 2.24) is 5.43 Å². The Labute approximate surface area is 133 Å². The van der Waals surface area contributed by atoms with Gasteiger partial charge in [0.15, 0.2) is 0 Å². The van der Waals surface area contributed by atoms with Gasteiger partial charge in [-0.1, -0.05) is 30.3 Å². The molecule has 5 heteroatoms. The number of rotatable bonds is 5. The third-order valence-electron chi connectivity index (χ3n) is 3.18. The summed E-state index contributed by atoms with van der Waals surface area (Å²) in [5.74, 6) is 2.70. The van der Waals surface area contributed by atoms with Crippen LogP contribution in [0.2, 0.25) is 0 Å². The van der Waals surface area contributed by atoms with E-state index in [-0.39, 0.29) is 5.91 Å². The van der Waals surface area contributed by atoms with Gasteiger partial charge in [-0.25, -0.2) is 5.43 Å². The van der Waals surface area contributed by atoms with Gasteiger partial charge in [-0.15, -0.1) is 0 Å². The molecule has 1 amide bonds. The number of hydrazone groups is 1. The predicted octanol–water partition coefficient (Wildman–Crippen LogP) is 2.94. The maximum atomic E-state index is 11.8. The van der Waals surface area contributed by atoms with E-state index >= 15 is 0 Å². The lowest BCUT2D eigenvalue weighted by molar-refractivity contribution is 0.0955. The summed E-state index contributed by atoms with van der Waals surface area (Å²) >= 11 is 1.88. The Morgan fingerprint density at radius 3 is 2.73 bits per heavy atom. The standard InChI is InChI=1S/C17H16N2O2S/c20-17(14-6-2-1-3-7-14)19-18-10-13-5-4-8-15(9-13)21-16-11-22-12-16/h1-10,16H,11-12H2,(H,19,20)/b18-10+. The van der Waals surface area contributed by atoms with E-state index < -0.39 is 0 Å². The van der Waals surface area contributed by atoms with E-state index in [2.05, 4.69) is 10.5 Å². The van der Waals surface area contributed by atoms with Gasteiger partial charge in [0.05, 0.1) is 6.21 Å². The first-order valence-corrected chi connectivity index (χ1v) is 8.20. The van der Waals surface area contributed by atoms with Crippen LogP contribution in [0.1, 0.15) is 15.9 Å². The summed E-state index contributed by atoms with van der Waals surface area (Å²) in [7, 11) is 0. The predicted molar refractivity (Wildman–Crippen MR) is 89.7 cm³/mol. The number of amides is 1. The number of ether oxygens (including phenoxy) is 1. The fourth-order valence-corrected chi connectivity index (χ4v) is 2.53. The molecule has 0 radical (unpaired) electrons. The van der Waals surface area contributed by atoms with Crippen LogP contribution in [-0.4, -0.2) is 29.7 Å². The Hall–Kier alpha value is -2.27. The molecular weight excluding hydrogens is 296 g/mol. The maximum absolute atomic E-state index is 11.8. The summed E-state index contributed by atoms with van der Waals surface area (Å²) in [5.41, 5.74) is 3.99. The lowest BCUT2D eigenvalue weighted by Crippen LogP contribution is -2.31.